The molecular formula is C20H16N4O4. The smallest absolute Gasteiger partial charge is 0.322 e. The van der Waals surface area contributed by atoms with Crippen LogP contribution in [0.25, 0.3) is 11.5 Å². The first kappa shape index (κ1) is 17.6. The van der Waals surface area contributed by atoms with Crippen LogP contribution in [0.15, 0.2) is 52.9 Å². The molecule has 3 aromatic rings. The molecule has 28 heavy (non-hydrogen) atoms. The Labute approximate surface area is 160 Å². The molecule has 0 atom stereocenters. The number of hydrogen-bond acceptors (Lipinski definition) is 6. The molecule has 1 aliphatic heterocycles. The van der Waals surface area contributed by atoms with Gasteiger partial charge < -0.3 is 4.42 Å². The van der Waals surface area contributed by atoms with Gasteiger partial charge in [-0.2, -0.15) is 0 Å². The number of imide groups is 1. The van der Waals surface area contributed by atoms with Gasteiger partial charge in [0.25, 0.3) is 5.91 Å². The molecule has 4 rings (SSSR count). The van der Waals surface area contributed by atoms with Gasteiger partial charge in [-0.25, -0.2) is 0 Å². The molecule has 140 valence electrons. The van der Waals surface area contributed by atoms with E-state index in [-0.39, 0.29) is 42.1 Å². The van der Waals surface area contributed by atoms with Gasteiger partial charge in [-0.3, -0.25) is 24.6 Å². The van der Waals surface area contributed by atoms with Crippen LogP contribution in [0.3, 0.4) is 0 Å². The number of nitrogens with zero attached hydrogens (tertiary/aromatic N) is 3. The Bertz CT molecular complexity index is 1060. The molecule has 0 unspecified atom stereocenters. The third-order valence-electron chi connectivity index (χ3n) is 4.36. The molecule has 0 spiro atoms. The predicted molar refractivity (Wildman–Crippen MR) is 101 cm³/mol. The van der Waals surface area contributed by atoms with Gasteiger partial charge in [0.1, 0.15) is 0 Å². The second-order valence-corrected chi connectivity index (χ2v) is 6.41. The number of rotatable bonds is 4. The van der Waals surface area contributed by atoms with E-state index >= 15 is 0 Å². The average Bonchev–Trinajstić information content (AvgIpc) is 3.29. The summed E-state index contributed by atoms with van der Waals surface area (Å²) in [5.41, 5.74) is 2.48. The normalized spacial score (nSPS) is 13.8. The van der Waals surface area contributed by atoms with E-state index < -0.39 is 5.91 Å². The van der Waals surface area contributed by atoms with Gasteiger partial charge in [0.05, 0.1) is 5.69 Å². The fourth-order valence-corrected chi connectivity index (χ4v) is 2.91. The fraction of sp³-hybridized carbons (Fsp3) is 0.150. The molecule has 0 radical (unpaired) electrons. The van der Waals surface area contributed by atoms with Crippen LogP contribution in [0.4, 0.5) is 11.7 Å². The quantitative estimate of drug-likeness (QED) is 0.702. The maximum absolute atomic E-state index is 12.5. The van der Waals surface area contributed by atoms with Crippen LogP contribution in [-0.4, -0.2) is 27.9 Å². The van der Waals surface area contributed by atoms with Crippen molar-refractivity contribution in [3.05, 3.63) is 59.7 Å². The zero-order chi connectivity index (χ0) is 19.7. The van der Waals surface area contributed by atoms with Crippen molar-refractivity contribution in [1.29, 1.82) is 0 Å². The lowest BCUT2D eigenvalue weighted by Gasteiger charge is -2.14. The molecular weight excluding hydrogens is 360 g/mol. The summed E-state index contributed by atoms with van der Waals surface area (Å²) in [6, 6.07) is 13.8. The summed E-state index contributed by atoms with van der Waals surface area (Å²) < 4.78 is 5.49. The summed E-state index contributed by atoms with van der Waals surface area (Å²) >= 11 is 0. The lowest BCUT2D eigenvalue weighted by atomic mass is 10.1. The van der Waals surface area contributed by atoms with Gasteiger partial charge >= 0.3 is 6.01 Å². The Morgan fingerprint density at radius 2 is 1.75 bits per heavy atom. The van der Waals surface area contributed by atoms with Crippen molar-refractivity contribution >= 4 is 29.4 Å². The maximum atomic E-state index is 12.5. The number of anilines is 2. The minimum absolute atomic E-state index is 0.0423. The number of aromatic nitrogens is 2. The van der Waals surface area contributed by atoms with E-state index in [1.807, 2.05) is 31.2 Å². The van der Waals surface area contributed by atoms with Crippen molar-refractivity contribution in [1.82, 2.24) is 10.2 Å². The first-order valence-electron chi connectivity index (χ1n) is 8.69. The van der Waals surface area contributed by atoms with Crippen molar-refractivity contribution in [2.45, 2.75) is 19.8 Å². The monoisotopic (exact) mass is 376 g/mol. The van der Waals surface area contributed by atoms with Crippen LogP contribution in [0.5, 0.6) is 0 Å². The van der Waals surface area contributed by atoms with Crippen LogP contribution in [0.1, 0.15) is 28.8 Å². The van der Waals surface area contributed by atoms with Crippen LogP contribution >= 0.6 is 0 Å². The number of carbonyl (C=O) groups is 3. The molecule has 0 saturated carbocycles. The lowest BCUT2D eigenvalue weighted by Crippen LogP contribution is -2.28. The van der Waals surface area contributed by atoms with Crippen molar-refractivity contribution in [2.75, 3.05) is 10.2 Å². The molecule has 1 N–H and O–H groups in total. The summed E-state index contributed by atoms with van der Waals surface area (Å²) in [4.78, 5) is 37.4. The fourth-order valence-electron chi connectivity index (χ4n) is 2.91. The standard InChI is InChI=1S/C20H16N4O4/c1-12-5-7-13(8-6-12)19-22-23-20(28-19)21-18(27)14-3-2-4-15(11-14)24-16(25)9-10-17(24)26/h2-8,11H,9-10H2,1H3,(H,21,23,27). The maximum Gasteiger partial charge on any atom is 0.322 e. The second kappa shape index (κ2) is 7.07. The van der Waals surface area contributed by atoms with Crippen LogP contribution in [0.2, 0.25) is 0 Å². The highest BCUT2D eigenvalue weighted by Crippen LogP contribution is 2.24. The summed E-state index contributed by atoms with van der Waals surface area (Å²) in [5, 5.41) is 10.3. The number of nitrogens with one attached hydrogen (secondary N) is 1. The SMILES string of the molecule is Cc1ccc(-c2nnc(NC(=O)c3cccc(N4C(=O)CCC4=O)c3)o2)cc1. The molecule has 1 aromatic heterocycles. The molecule has 2 aromatic carbocycles. The molecule has 8 heteroatoms. The first-order chi connectivity index (χ1) is 13.5. The number of carbonyl (C=O) groups excluding carboxylic acids is 3. The lowest BCUT2D eigenvalue weighted by molar-refractivity contribution is -0.121. The van der Waals surface area contributed by atoms with Crippen LogP contribution in [0, 0.1) is 6.92 Å². The van der Waals surface area contributed by atoms with E-state index in [1.165, 1.54) is 6.07 Å². The molecule has 0 aliphatic carbocycles. The van der Waals surface area contributed by atoms with Crippen molar-refractivity contribution < 1.29 is 18.8 Å². The van der Waals surface area contributed by atoms with Gasteiger partial charge in [0.2, 0.25) is 17.7 Å². The first-order valence-corrected chi connectivity index (χ1v) is 8.69. The zero-order valence-corrected chi connectivity index (χ0v) is 15.0. The molecule has 1 saturated heterocycles. The van der Waals surface area contributed by atoms with E-state index in [0.29, 0.717) is 5.69 Å². The summed E-state index contributed by atoms with van der Waals surface area (Å²) in [7, 11) is 0. The van der Waals surface area contributed by atoms with E-state index in [4.69, 9.17) is 4.42 Å². The number of benzene rings is 2. The topological polar surface area (TPSA) is 105 Å². The number of amides is 3. The average molecular weight is 376 g/mol. The summed E-state index contributed by atoms with van der Waals surface area (Å²) in [6.45, 7) is 1.97. The second-order valence-electron chi connectivity index (χ2n) is 6.41. The van der Waals surface area contributed by atoms with Gasteiger partial charge in [0.15, 0.2) is 0 Å². The van der Waals surface area contributed by atoms with Crippen LogP contribution < -0.4 is 10.2 Å². The molecule has 1 aliphatic rings. The third-order valence-corrected chi connectivity index (χ3v) is 4.36. The van der Waals surface area contributed by atoms with Gasteiger partial charge in [0, 0.05) is 24.0 Å². The molecule has 0 bridgehead atoms. The van der Waals surface area contributed by atoms with E-state index in [1.54, 1.807) is 18.2 Å². The molecule has 1 fully saturated rings. The summed E-state index contributed by atoms with van der Waals surface area (Å²) in [6.07, 6.45) is 0.359. The molecule has 3 amide bonds. The van der Waals surface area contributed by atoms with Crippen molar-refractivity contribution in [3.63, 3.8) is 0 Å². The van der Waals surface area contributed by atoms with Crippen molar-refractivity contribution in [2.24, 2.45) is 0 Å². The summed E-state index contributed by atoms with van der Waals surface area (Å²) in [5.74, 6) is -0.748. The number of aryl methyl sites for hydroxylation is 1. The Balaban J connectivity index is 1.51. The number of hydrogen-bond donors (Lipinski definition) is 1. The highest BCUT2D eigenvalue weighted by atomic mass is 16.4. The van der Waals surface area contributed by atoms with E-state index in [9.17, 15) is 14.4 Å². The minimum atomic E-state index is -0.486. The Hall–Kier alpha value is -3.81. The third kappa shape index (κ3) is 3.39. The van der Waals surface area contributed by atoms with E-state index in [2.05, 4.69) is 15.5 Å². The van der Waals surface area contributed by atoms with Crippen LogP contribution in [-0.2, 0) is 9.59 Å². The molecule has 2 heterocycles. The minimum Gasteiger partial charge on any atom is -0.403 e. The van der Waals surface area contributed by atoms with Gasteiger partial charge in [-0.1, -0.05) is 28.9 Å². The largest absolute Gasteiger partial charge is 0.403 e. The predicted octanol–water partition coefficient (Wildman–Crippen LogP) is 2.95. The van der Waals surface area contributed by atoms with Crippen molar-refractivity contribution in [3.8, 4) is 11.5 Å². The van der Waals surface area contributed by atoms with Gasteiger partial charge in [-0.05, 0) is 37.3 Å². The highest BCUT2D eigenvalue weighted by molar-refractivity contribution is 6.20. The zero-order valence-electron chi connectivity index (χ0n) is 15.0. The Morgan fingerprint density at radius 3 is 2.46 bits per heavy atom. The Kier molecular flexibility index (Phi) is 4.44. The van der Waals surface area contributed by atoms with Gasteiger partial charge in [-0.15, -0.1) is 5.10 Å². The highest BCUT2D eigenvalue weighted by Gasteiger charge is 2.30. The molecule has 8 nitrogen and oxygen atoms in total. The van der Waals surface area contributed by atoms with E-state index in [0.717, 1.165) is 16.0 Å². The Morgan fingerprint density at radius 1 is 1.04 bits per heavy atom.